The number of hydrogen-bond donors (Lipinski definition) is 1. The smallest absolute Gasteiger partial charge is 0.283 e. The van der Waals surface area contributed by atoms with E-state index in [9.17, 15) is 14.9 Å². The van der Waals surface area contributed by atoms with Crippen LogP contribution in [-0.2, 0) is 0 Å². The zero-order valence-corrected chi connectivity index (χ0v) is 13.6. The third kappa shape index (κ3) is 2.76. The number of hydrogen-bond acceptors (Lipinski definition) is 6. The van der Waals surface area contributed by atoms with Crippen molar-refractivity contribution in [3.05, 3.63) is 49.5 Å². The molecule has 1 amide bonds. The molecule has 0 unspecified atom stereocenters. The molecule has 2 heterocycles. The molecule has 0 atom stereocenters. The fourth-order valence-corrected chi connectivity index (χ4v) is 3.08. The van der Waals surface area contributed by atoms with Crippen LogP contribution < -0.4 is 5.32 Å². The lowest BCUT2D eigenvalue weighted by atomic mass is 10.1. The van der Waals surface area contributed by atoms with E-state index in [0.717, 1.165) is 16.6 Å². The van der Waals surface area contributed by atoms with Gasteiger partial charge in [-0.3, -0.25) is 20.2 Å². The number of benzene rings is 1. The molecule has 10 heteroatoms. The van der Waals surface area contributed by atoms with Gasteiger partial charge >= 0.3 is 0 Å². The Kier molecular flexibility index (Phi) is 3.74. The lowest BCUT2D eigenvalue weighted by Crippen LogP contribution is -2.15. The molecule has 2 aromatic heterocycles. The van der Waals surface area contributed by atoms with Gasteiger partial charge < -0.3 is 0 Å². The van der Waals surface area contributed by atoms with Crippen LogP contribution in [0.4, 0.5) is 11.6 Å². The van der Waals surface area contributed by atoms with E-state index >= 15 is 0 Å². The highest BCUT2D eigenvalue weighted by molar-refractivity contribution is 7.17. The van der Waals surface area contributed by atoms with E-state index in [4.69, 9.17) is 11.6 Å². The number of rotatable bonds is 3. The SMILES string of the molecule is Cc1sc2nc(NC(=O)c3ccc(Cl)cc3[N+](=O)[O-])nn2c1C. The Labute approximate surface area is 138 Å². The summed E-state index contributed by atoms with van der Waals surface area (Å²) >= 11 is 7.18. The van der Waals surface area contributed by atoms with Crippen LogP contribution in [0, 0.1) is 24.0 Å². The summed E-state index contributed by atoms with van der Waals surface area (Å²) in [6.07, 6.45) is 0. The number of nitro benzene ring substituents is 1. The van der Waals surface area contributed by atoms with Gasteiger partial charge in [-0.25, -0.2) is 4.52 Å². The summed E-state index contributed by atoms with van der Waals surface area (Å²) in [6, 6.07) is 3.84. The van der Waals surface area contributed by atoms with E-state index < -0.39 is 10.8 Å². The van der Waals surface area contributed by atoms with Gasteiger partial charge in [0.15, 0.2) is 0 Å². The van der Waals surface area contributed by atoms with Crippen LogP contribution in [0.3, 0.4) is 0 Å². The molecule has 3 aromatic rings. The highest BCUT2D eigenvalue weighted by Gasteiger charge is 2.22. The predicted molar refractivity (Wildman–Crippen MR) is 86.4 cm³/mol. The van der Waals surface area contributed by atoms with Gasteiger partial charge in [0.2, 0.25) is 4.96 Å². The van der Waals surface area contributed by atoms with E-state index in [1.165, 1.54) is 23.5 Å². The van der Waals surface area contributed by atoms with Gasteiger partial charge in [-0.15, -0.1) is 5.10 Å². The Hall–Kier alpha value is -2.52. The molecule has 0 spiro atoms. The molecule has 0 saturated carbocycles. The van der Waals surface area contributed by atoms with Crippen LogP contribution in [0.25, 0.3) is 4.96 Å². The average molecular weight is 352 g/mol. The number of fused-ring (bicyclic) bond motifs is 1. The van der Waals surface area contributed by atoms with Crippen molar-refractivity contribution in [1.82, 2.24) is 14.6 Å². The van der Waals surface area contributed by atoms with Crippen molar-refractivity contribution in [2.75, 3.05) is 5.32 Å². The number of carbonyl (C=O) groups is 1. The molecular formula is C13H10ClN5O3S. The van der Waals surface area contributed by atoms with Crippen molar-refractivity contribution >= 4 is 45.4 Å². The lowest BCUT2D eigenvalue weighted by Gasteiger charge is -2.02. The average Bonchev–Trinajstić information content (AvgIpc) is 2.98. The molecule has 118 valence electrons. The molecule has 0 aliphatic heterocycles. The standard InChI is InChI=1S/C13H10ClN5O3S/c1-6-7(2)23-13-16-12(17-18(6)13)15-11(20)9-4-3-8(14)5-10(9)19(21)22/h3-5H,1-2H3,(H,15,17,20). The summed E-state index contributed by atoms with van der Waals surface area (Å²) in [7, 11) is 0. The number of nitro groups is 1. The van der Waals surface area contributed by atoms with Gasteiger partial charge in [-0.2, -0.15) is 4.98 Å². The van der Waals surface area contributed by atoms with Crippen LogP contribution in [0.15, 0.2) is 18.2 Å². The zero-order chi connectivity index (χ0) is 16.7. The third-order valence-corrected chi connectivity index (χ3v) is 4.56. The molecule has 1 aromatic carbocycles. The second-order valence-corrected chi connectivity index (χ2v) is 6.36. The molecule has 0 radical (unpaired) electrons. The monoisotopic (exact) mass is 351 g/mol. The highest BCUT2D eigenvalue weighted by Crippen LogP contribution is 2.25. The van der Waals surface area contributed by atoms with Gasteiger partial charge in [0, 0.05) is 16.0 Å². The maximum absolute atomic E-state index is 12.3. The van der Waals surface area contributed by atoms with Crippen molar-refractivity contribution in [3.8, 4) is 0 Å². The Balaban J connectivity index is 1.93. The quantitative estimate of drug-likeness (QED) is 0.576. The van der Waals surface area contributed by atoms with Crippen LogP contribution >= 0.6 is 22.9 Å². The minimum atomic E-state index is -0.666. The molecular weight excluding hydrogens is 342 g/mol. The normalized spacial score (nSPS) is 10.9. The number of anilines is 1. The van der Waals surface area contributed by atoms with Crippen molar-refractivity contribution in [1.29, 1.82) is 0 Å². The Bertz CT molecular complexity index is 949. The van der Waals surface area contributed by atoms with Gasteiger partial charge in [0.05, 0.1) is 10.6 Å². The minimum Gasteiger partial charge on any atom is -0.289 e. The molecule has 3 rings (SSSR count). The molecule has 0 bridgehead atoms. The van der Waals surface area contributed by atoms with E-state index in [-0.39, 0.29) is 22.2 Å². The van der Waals surface area contributed by atoms with Crippen molar-refractivity contribution in [2.24, 2.45) is 0 Å². The molecule has 0 aliphatic rings. The van der Waals surface area contributed by atoms with Crippen LogP contribution in [0.2, 0.25) is 5.02 Å². The second-order valence-electron chi connectivity index (χ2n) is 4.75. The maximum atomic E-state index is 12.3. The first-order valence-corrected chi connectivity index (χ1v) is 7.64. The summed E-state index contributed by atoms with van der Waals surface area (Å²) in [5.74, 6) is -0.574. The summed E-state index contributed by atoms with van der Waals surface area (Å²) in [6.45, 7) is 3.84. The van der Waals surface area contributed by atoms with Crippen LogP contribution in [0.1, 0.15) is 20.9 Å². The van der Waals surface area contributed by atoms with E-state index in [1.54, 1.807) is 4.52 Å². The first-order valence-electron chi connectivity index (χ1n) is 6.45. The second kappa shape index (κ2) is 5.60. The maximum Gasteiger partial charge on any atom is 0.283 e. The highest BCUT2D eigenvalue weighted by atomic mass is 35.5. The number of nitrogens with zero attached hydrogens (tertiary/aromatic N) is 4. The summed E-state index contributed by atoms with van der Waals surface area (Å²) in [5.41, 5.74) is 0.448. The van der Waals surface area contributed by atoms with Gasteiger partial charge in [0.1, 0.15) is 5.56 Å². The first-order chi connectivity index (χ1) is 10.9. The number of aromatic nitrogens is 3. The fourth-order valence-electron chi connectivity index (χ4n) is 2.01. The Morgan fingerprint density at radius 3 is 2.83 bits per heavy atom. The van der Waals surface area contributed by atoms with E-state index in [1.807, 2.05) is 13.8 Å². The Morgan fingerprint density at radius 2 is 2.17 bits per heavy atom. The van der Waals surface area contributed by atoms with Crippen molar-refractivity contribution < 1.29 is 9.72 Å². The van der Waals surface area contributed by atoms with Crippen molar-refractivity contribution in [2.45, 2.75) is 13.8 Å². The fraction of sp³-hybridized carbons (Fsp3) is 0.154. The first kappa shape index (κ1) is 15.4. The summed E-state index contributed by atoms with van der Waals surface area (Å²) in [5, 5.41) is 17.9. The largest absolute Gasteiger partial charge is 0.289 e. The number of carbonyl (C=O) groups excluding carboxylic acids is 1. The van der Waals surface area contributed by atoms with Crippen molar-refractivity contribution in [3.63, 3.8) is 0 Å². The molecule has 0 aliphatic carbocycles. The molecule has 0 saturated heterocycles. The predicted octanol–water partition coefficient (Wildman–Crippen LogP) is 3.22. The molecule has 8 nitrogen and oxygen atoms in total. The van der Waals surface area contributed by atoms with Gasteiger partial charge in [0.25, 0.3) is 17.5 Å². The van der Waals surface area contributed by atoms with E-state index in [0.29, 0.717) is 4.96 Å². The van der Waals surface area contributed by atoms with Gasteiger partial charge in [-0.1, -0.05) is 22.9 Å². The molecule has 0 fully saturated rings. The Morgan fingerprint density at radius 1 is 1.43 bits per heavy atom. The van der Waals surface area contributed by atoms with Crippen LogP contribution in [0.5, 0.6) is 0 Å². The number of nitrogens with one attached hydrogen (secondary N) is 1. The number of halogens is 1. The number of amides is 1. The number of thiazole rings is 1. The van der Waals surface area contributed by atoms with E-state index in [2.05, 4.69) is 15.4 Å². The molecule has 23 heavy (non-hydrogen) atoms. The lowest BCUT2D eigenvalue weighted by molar-refractivity contribution is -0.385. The summed E-state index contributed by atoms with van der Waals surface area (Å²) in [4.78, 5) is 28.6. The van der Waals surface area contributed by atoms with Gasteiger partial charge in [-0.05, 0) is 26.0 Å². The summed E-state index contributed by atoms with van der Waals surface area (Å²) < 4.78 is 1.62. The molecule has 1 N–H and O–H groups in total. The third-order valence-electron chi connectivity index (χ3n) is 3.28. The zero-order valence-electron chi connectivity index (χ0n) is 12.0. The topological polar surface area (TPSA) is 102 Å². The minimum absolute atomic E-state index is 0.0913. The van der Waals surface area contributed by atoms with Crippen LogP contribution in [-0.4, -0.2) is 25.4 Å². The number of aryl methyl sites for hydroxylation is 2.